The van der Waals surface area contributed by atoms with Crippen molar-refractivity contribution in [3.05, 3.63) is 41.5 Å². The fourth-order valence-electron chi connectivity index (χ4n) is 4.05. The molecule has 0 spiro atoms. The third kappa shape index (κ3) is 5.23. The molecule has 0 atom stereocenters. The Morgan fingerprint density at radius 1 is 0.882 bits per heavy atom. The molecule has 0 saturated carbocycles. The quantitative estimate of drug-likeness (QED) is 0.531. The van der Waals surface area contributed by atoms with Crippen LogP contribution in [0.3, 0.4) is 0 Å². The highest BCUT2D eigenvalue weighted by Gasteiger charge is 2.30. The van der Waals surface area contributed by atoms with Crippen LogP contribution in [-0.4, -0.2) is 72.1 Å². The molecule has 2 aromatic rings. The van der Waals surface area contributed by atoms with E-state index in [0.717, 1.165) is 24.8 Å². The Morgan fingerprint density at radius 2 is 1.47 bits per heavy atom. The summed E-state index contributed by atoms with van der Waals surface area (Å²) in [4.78, 5) is 14.7. The summed E-state index contributed by atoms with van der Waals surface area (Å²) >= 11 is 0. The number of nitrogens with zero attached hydrogens (tertiary/aromatic N) is 2. The van der Waals surface area contributed by atoms with Crippen molar-refractivity contribution in [3.63, 3.8) is 0 Å². The lowest BCUT2D eigenvalue weighted by Gasteiger charge is -2.27. The van der Waals surface area contributed by atoms with E-state index in [0.29, 0.717) is 30.3 Å². The molecule has 0 unspecified atom stereocenters. The largest absolute Gasteiger partial charge is 0.495 e. The van der Waals surface area contributed by atoms with Gasteiger partial charge in [0.05, 0.1) is 28.4 Å². The molecular weight excluding hydrogens is 460 g/mol. The van der Waals surface area contributed by atoms with Crippen LogP contribution in [0.1, 0.15) is 35.2 Å². The number of hydrogen-bond donors (Lipinski definition) is 0. The van der Waals surface area contributed by atoms with Crippen LogP contribution in [-0.2, 0) is 16.6 Å². The molecule has 2 aromatic carbocycles. The lowest BCUT2D eigenvalue weighted by atomic mass is 10.1. The van der Waals surface area contributed by atoms with Crippen LogP contribution in [0.15, 0.2) is 35.2 Å². The monoisotopic (exact) mass is 492 g/mol. The van der Waals surface area contributed by atoms with E-state index in [-0.39, 0.29) is 28.7 Å². The van der Waals surface area contributed by atoms with E-state index in [2.05, 4.69) is 0 Å². The van der Waals surface area contributed by atoms with Crippen molar-refractivity contribution in [3.8, 4) is 23.0 Å². The summed E-state index contributed by atoms with van der Waals surface area (Å²) in [6, 6.07) is 8.03. The lowest BCUT2D eigenvalue weighted by molar-refractivity contribution is 0.0784. The van der Waals surface area contributed by atoms with Crippen molar-refractivity contribution in [2.45, 2.75) is 30.7 Å². The summed E-state index contributed by atoms with van der Waals surface area (Å²) in [5, 5.41) is 0. The number of sulfonamides is 1. The van der Waals surface area contributed by atoms with E-state index in [4.69, 9.17) is 18.9 Å². The smallest absolute Gasteiger partial charge is 0.253 e. The topological polar surface area (TPSA) is 94.6 Å². The van der Waals surface area contributed by atoms with E-state index in [1.54, 1.807) is 25.2 Å². The Morgan fingerprint density at radius 3 is 2.00 bits per heavy atom. The van der Waals surface area contributed by atoms with Gasteiger partial charge in [-0.3, -0.25) is 4.79 Å². The highest BCUT2D eigenvalue weighted by atomic mass is 32.2. The summed E-state index contributed by atoms with van der Waals surface area (Å²) in [5.74, 6) is 1.32. The summed E-state index contributed by atoms with van der Waals surface area (Å²) in [6.45, 7) is 1.17. The van der Waals surface area contributed by atoms with Gasteiger partial charge < -0.3 is 23.8 Å². The molecule has 0 bridgehead atoms. The van der Waals surface area contributed by atoms with Crippen molar-refractivity contribution in [2.24, 2.45) is 0 Å². The molecule has 0 N–H and O–H groups in total. The first-order chi connectivity index (χ1) is 16.3. The Kier molecular flexibility index (Phi) is 8.27. The molecule has 0 radical (unpaired) electrons. The zero-order valence-electron chi connectivity index (χ0n) is 20.3. The highest BCUT2D eigenvalue weighted by Crippen LogP contribution is 2.38. The minimum atomic E-state index is -3.78. The van der Waals surface area contributed by atoms with Crippen molar-refractivity contribution in [1.82, 2.24) is 9.21 Å². The number of methoxy groups -OCH3 is 4. The summed E-state index contributed by atoms with van der Waals surface area (Å²) in [6.07, 6.45) is 2.64. The van der Waals surface area contributed by atoms with Crippen molar-refractivity contribution >= 4 is 15.9 Å². The second-order valence-corrected chi connectivity index (χ2v) is 9.93. The fourth-order valence-corrected chi connectivity index (χ4v) is 5.75. The molecule has 1 aliphatic rings. The zero-order chi connectivity index (χ0) is 24.9. The van der Waals surface area contributed by atoms with Crippen LogP contribution < -0.4 is 18.9 Å². The van der Waals surface area contributed by atoms with E-state index in [1.807, 2.05) is 0 Å². The van der Waals surface area contributed by atoms with Crippen LogP contribution in [0.2, 0.25) is 0 Å². The molecule has 186 valence electrons. The highest BCUT2D eigenvalue weighted by molar-refractivity contribution is 7.89. The second-order valence-electron chi connectivity index (χ2n) is 8.03. The Hall–Kier alpha value is -2.98. The molecule has 3 rings (SSSR count). The summed E-state index contributed by atoms with van der Waals surface area (Å²) < 4.78 is 49.5. The lowest BCUT2D eigenvalue weighted by Crippen LogP contribution is -2.36. The normalized spacial score (nSPS) is 14.4. The number of carbonyl (C=O) groups excluding carboxylic acids is 1. The van der Waals surface area contributed by atoms with Crippen LogP contribution in [0.25, 0.3) is 0 Å². The molecule has 1 aliphatic heterocycles. The average Bonchev–Trinajstić information content (AvgIpc) is 2.87. The third-order valence-corrected chi connectivity index (χ3v) is 7.75. The molecule has 10 heteroatoms. The molecule has 34 heavy (non-hydrogen) atoms. The van der Waals surface area contributed by atoms with Crippen molar-refractivity contribution < 1.29 is 32.2 Å². The molecule has 1 fully saturated rings. The molecule has 1 amide bonds. The number of carbonyl (C=O) groups is 1. The number of benzene rings is 2. The van der Waals surface area contributed by atoms with Gasteiger partial charge in [0.25, 0.3) is 5.91 Å². The van der Waals surface area contributed by atoms with Gasteiger partial charge in [-0.1, -0.05) is 6.42 Å². The Labute approximate surface area is 201 Å². The van der Waals surface area contributed by atoms with Crippen LogP contribution >= 0.6 is 0 Å². The van der Waals surface area contributed by atoms with E-state index < -0.39 is 10.0 Å². The van der Waals surface area contributed by atoms with Crippen molar-refractivity contribution in [1.29, 1.82) is 0 Å². The van der Waals surface area contributed by atoms with Gasteiger partial charge in [0.15, 0.2) is 11.5 Å². The first-order valence-corrected chi connectivity index (χ1v) is 12.4. The maximum atomic E-state index is 13.3. The van der Waals surface area contributed by atoms with Gasteiger partial charge in [0.2, 0.25) is 15.8 Å². The number of hydrogen-bond acceptors (Lipinski definition) is 7. The maximum Gasteiger partial charge on any atom is 0.253 e. The molecule has 1 heterocycles. The fraction of sp³-hybridized carbons (Fsp3) is 0.458. The SMILES string of the molecule is COc1ccc(C(=O)N(C)Cc2cc(OC)c(OC)c(OC)c2)cc1S(=O)(=O)N1CCCCC1. The first kappa shape index (κ1) is 25.6. The van der Waals surface area contributed by atoms with Gasteiger partial charge in [-0.2, -0.15) is 4.31 Å². The Balaban J connectivity index is 1.89. The standard InChI is InChI=1S/C24H32N2O7S/c1-25(16-17-13-20(31-3)23(33-5)21(14-17)32-4)24(27)18-9-10-19(30-2)22(15-18)34(28,29)26-11-7-6-8-12-26/h9-10,13-15H,6-8,11-12,16H2,1-5H3. The molecular formula is C24H32N2O7S. The number of piperidine rings is 1. The molecule has 1 saturated heterocycles. The minimum absolute atomic E-state index is 0.00364. The van der Waals surface area contributed by atoms with Gasteiger partial charge in [-0.25, -0.2) is 8.42 Å². The van der Waals surface area contributed by atoms with Crippen molar-refractivity contribution in [2.75, 3.05) is 48.6 Å². The summed E-state index contributed by atoms with van der Waals surface area (Å²) in [7, 11) is 3.86. The van der Waals surface area contributed by atoms with Gasteiger partial charge in [-0.15, -0.1) is 0 Å². The second kappa shape index (κ2) is 11.0. The van der Waals surface area contributed by atoms with E-state index in [1.165, 1.54) is 49.8 Å². The molecule has 0 aliphatic carbocycles. The number of amides is 1. The van der Waals surface area contributed by atoms with Gasteiger partial charge >= 0.3 is 0 Å². The number of ether oxygens (including phenoxy) is 4. The van der Waals surface area contributed by atoms with Crippen LogP contribution in [0, 0.1) is 0 Å². The average molecular weight is 493 g/mol. The van der Waals surface area contributed by atoms with Gasteiger partial charge in [0.1, 0.15) is 10.6 Å². The third-order valence-electron chi connectivity index (χ3n) is 5.83. The zero-order valence-corrected chi connectivity index (χ0v) is 21.1. The van der Waals surface area contributed by atoms with Crippen LogP contribution in [0.5, 0.6) is 23.0 Å². The van der Waals surface area contributed by atoms with E-state index in [9.17, 15) is 13.2 Å². The van der Waals surface area contributed by atoms with Gasteiger partial charge in [-0.05, 0) is 48.7 Å². The Bertz CT molecular complexity index is 1100. The predicted octanol–water partition coefficient (Wildman–Crippen LogP) is 3.17. The van der Waals surface area contributed by atoms with E-state index >= 15 is 0 Å². The molecule has 0 aromatic heterocycles. The molecule has 9 nitrogen and oxygen atoms in total. The number of rotatable bonds is 9. The summed E-state index contributed by atoms with van der Waals surface area (Å²) in [5.41, 5.74) is 1.02. The first-order valence-electron chi connectivity index (χ1n) is 11.0. The predicted molar refractivity (Wildman–Crippen MR) is 127 cm³/mol. The van der Waals surface area contributed by atoms with Crippen LogP contribution in [0.4, 0.5) is 0 Å². The maximum absolute atomic E-state index is 13.3. The minimum Gasteiger partial charge on any atom is -0.495 e. The van der Waals surface area contributed by atoms with Gasteiger partial charge in [0, 0.05) is 32.2 Å².